The number of fused-ring (bicyclic) bond motifs is 1. The molecule has 1 aliphatic heterocycles. The third kappa shape index (κ3) is 3.80. The third-order valence-corrected chi connectivity index (χ3v) is 3.21. The Balaban J connectivity index is 2.10. The SMILES string of the molecule is COc1ccc2c(c1)CN(C(=O)OC(C(F)(F)F)C(F)(F)F)C2. The van der Waals surface area contributed by atoms with Crippen LogP contribution in [0.2, 0.25) is 0 Å². The molecule has 4 nitrogen and oxygen atoms in total. The Morgan fingerprint density at radius 1 is 1.09 bits per heavy atom. The first-order valence-electron chi connectivity index (χ1n) is 6.27. The van der Waals surface area contributed by atoms with Gasteiger partial charge in [0.1, 0.15) is 5.75 Å². The fourth-order valence-electron chi connectivity index (χ4n) is 2.12. The summed E-state index contributed by atoms with van der Waals surface area (Å²) in [5, 5.41) is 0. The maximum atomic E-state index is 12.4. The number of carbonyl (C=O) groups is 1. The minimum absolute atomic E-state index is 0.138. The van der Waals surface area contributed by atoms with Crippen molar-refractivity contribution in [1.29, 1.82) is 0 Å². The van der Waals surface area contributed by atoms with Crippen LogP contribution in [0, 0.1) is 0 Å². The van der Waals surface area contributed by atoms with Crippen molar-refractivity contribution in [3.63, 3.8) is 0 Å². The van der Waals surface area contributed by atoms with Crippen LogP contribution in [0.25, 0.3) is 0 Å². The lowest BCUT2D eigenvalue weighted by molar-refractivity contribution is -0.308. The van der Waals surface area contributed by atoms with Crippen LogP contribution >= 0.6 is 0 Å². The quantitative estimate of drug-likeness (QED) is 0.770. The normalized spacial score (nSPS) is 14.9. The van der Waals surface area contributed by atoms with Crippen molar-refractivity contribution >= 4 is 6.09 Å². The molecule has 1 aliphatic rings. The number of rotatable bonds is 2. The van der Waals surface area contributed by atoms with E-state index in [9.17, 15) is 31.1 Å². The summed E-state index contributed by atoms with van der Waals surface area (Å²) < 4.78 is 83.0. The number of ether oxygens (including phenoxy) is 2. The molecule has 0 saturated heterocycles. The van der Waals surface area contributed by atoms with Crippen LogP contribution in [0.3, 0.4) is 0 Å². The average Bonchev–Trinajstić information content (AvgIpc) is 2.84. The van der Waals surface area contributed by atoms with E-state index < -0.39 is 24.5 Å². The van der Waals surface area contributed by atoms with Gasteiger partial charge in [-0.1, -0.05) is 6.07 Å². The lowest BCUT2D eigenvalue weighted by atomic mass is 10.1. The molecule has 0 spiro atoms. The van der Waals surface area contributed by atoms with Crippen molar-refractivity contribution < 1.29 is 40.6 Å². The standard InChI is InChI=1S/C13H11F6NO3/c1-22-9-3-2-7-5-20(6-8(7)4-9)11(21)23-10(12(14,15)16)13(17,18)19/h2-4,10H,5-6H2,1H3. The van der Waals surface area contributed by atoms with E-state index in [0.29, 0.717) is 16.9 Å². The van der Waals surface area contributed by atoms with Crippen LogP contribution < -0.4 is 4.74 Å². The van der Waals surface area contributed by atoms with E-state index >= 15 is 0 Å². The molecule has 0 bridgehead atoms. The molecule has 1 heterocycles. The number of hydrogen-bond donors (Lipinski definition) is 0. The molecule has 1 aromatic carbocycles. The molecule has 2 rings (SSSR count). The summed E-state index contributed by atoms with van der Waals surface area (Å²) >= 11 is 0. The van der Waals surface area contributed by atoms with Gasteiger partial charge >= 0.3 is 18.4 Å². The molecule has 1 aromatic rings. The molecule has 0 unspecified atom stereocenters. The first kappa shape index (κ1) is 17.2. The van der Waals surface area contributed by atoms with Gasteiger partial charge in [-0.25, -0.2) is 4.79 Å². The minimum atomic E-state index is -5.73. The van der Waals surface area contributed by atoms with Gasteiger partial charge in [0.2, 0.25) is 0 Å². The van der Waals surface area contributed by atoms with Gasteiger partial charge in [0.15, 0.2) is 0 Å². The van der Waals surface area contributed by atoms with E-state index in [1.165, 1.54) is 7.11 Å². The number of amides is 1. The summed E-state index contributed by atoms with van der Waals surface area (Å²) in [6, 6.07) is 4.70. The first-order chi connectivity index (χ1) is 10.5. The topological polar surface area (TPSA) is 38.8 Å². The van der Waals surface area contributed by atoms with Gasteiger partial charge in [0, 0.05) is 13.1 Å². The summed E-state index contributed by atoms with van der Waals surface area (Å²) in [5.41, 5.74) is 1.16. The second-order valence-electron chi connectivity index (χ2n) is 4.84. The van der Waals surface area contributed by atoms with E-state index in [2.05, 4.69) is 4.74 Å². The highest BCUT2D eigenvalue weighted by Gasteiger charge is 2.60. The Morgan fingerprint density at radius 2 is 1.65 bits per heavy atom. The van der Waals surface area contributed by atoms with E-state index in [4.69, 9.17) is 4.74 Å². The molecule has 0 fully saturated rings. The zero-order valence-electron chi connectivity index (χ0n) is 11.7. The lowest BCUT2D eigenvalue weighted by Crippen LogP contribution is -2.47. The molecule has 0 saturated carbocycles. The van der Waals surface area contributed by atoms with Crippen molar-refractivity contribution in [3.05, 3.63) is 29.3 Å². The molecule has 0 atom stereocenters. The van der Waals surface area contributed by atoms with Crippen molar-refractivity contribution in [3.8, 4) is 5.75 Å². The van der Waals surface area contributed by atoms with Gasteiger partial charge in [-0.3, -0.25) is 4.90 Å². The average molecular weight is 343 g/mol. The van der Waals surface area contributed by atoms with E-state index in [1.54, 1.807) is 18.2 Å². The van der Waals surface area contributed by atoms with E-state index in [-0.39, 0.29) is 13.1 Å². The predicted molar refractivity (Wildman–Crippen MR) is 64.6 cm³/mol. The summed E-state index contributed by atoms with van der Waals surface area (Å²) in [6.45, 7) is -0.297. The maximum Gasteiger partial charge on any atom is 0.434 e. The van der Waals surface area contributed by atoms with Crippen molar-refractivity contribution in [2.45, 2.75) is 31.5 Å². The summed E-state index contributed by atoms with van der Waals surface area (Å²) in [7, 11) is 1.40. The zero-order valence-corrected chi connectivity index (χ0v) is 11.7. The van der Waals surface area contributed by atoms with Crippen LogP contribution in [0.4, 0.5) is 31.1 Å². The molecule has 0 aliphatic carbocycles. The maximum absolute atomic E-state index is 12.4. The molecular weight excluding hydrogens is 332 g/mol. The number of methoxy groups -OCH3 is 1. The molecule has 128 valence electrons. The van der Waals surface area contributed by atoms with E-state index in [0.717, 1.165) is 4.90 Å². The van der Waals surface area contributed by atoms with E-state index in [1.807, 2.05) is 0 Å². The largest absolute Gasteiger partial charge is 0.497 e. The second kappa shape index (κ2) is 5.82. The van der Waals surface area contributed by atoms with Gasteiger partial charge in [-0.2, -0.15) is 26.3 Å². The fourth-order valence-corrected chi connectivity index (χ4v) is 2.12. The number of carbonyl (C=O) groups excluding carboxylic acids is 1. The highest BCUT2D eigenvalue weighted by Crippen LogP contribution is 2.36. The number of benzene rings is 1. The van der Waals surface area contributed by atoms with Crippen molar-refractivity contribution in [2.24, 2.45) is 0 Å². The highest BCUT2D eigenvalue weighted by molar-refractivity contribution is 5.69. The molecule has 0 N–H and O–H groups in total. The Morgan fingerprint density at radius 3 is 2.17 bits per heavy atom. The first-order valence-corrected chi connectivity index (χ1v) is 6.27. The number of alkyl halides is 6. The van der Waals surface area contributed by atoms with Gasteiger partial charge in [-0.05, 0) is 23.3 Å². The number of nitrogens with zero attached hydrogens (tertiary/aromatic N) is 1. The van der Waals surface area contributed by atoms with Crippen molar-refractivity contribution in [1.82, 2.24) is 4.90 Å². The Bertz CT molecular complexity index is 584. The second-order valence-corrected chi connectivity index (χ2v) is 4.84. The predicted octanol–water partition coefficient (Wildman–Crippen LogP) is 3.64. The van der Waals surface area contributed by atoms with Gasteiger partial charge in [0.05, 0.1) is 7.11 Å². The van der Waals surface area contributed by atoms with Gasteiger partial charge < -0.3 is 9.47 Å². The zero-order chi connectivity index (χ0) is 17.4. The Kier molecular flexibility index (Phi) is 4.36. The molecular formula is C13H11F6NO3. The monoisotopic (exact) mass is 343 g/mol. The molecule has 10 heteroatoms. The molecule has 0 radical (unpaired) electrons. The van der Waals surface area contributed by atoms with Crippen LogP contribution in [-0.4, -0.2) is 36.6 Å². The Hall–Kier alpha value is -2.13. The Labute approximate surface area is 126 Å². The number of hydrogen-bond acceptors (Lipinski definition) is 3. The fraction of sp³-hybridized carbons (Fsp3) is 0.462. The van der Waals surface area contributed by atoms with Crippen LogP contribution in [-0.2, 0) is 17.8 Å². The lowest BCUT2D eigenvalue weighted by Gasteiger charge is -2.25. The molecule has 0 aromatic heterocycles. The van der Waals surface area contributed by atoms with Crippen LogP contribution in [0.15, 0.2) is 18.2 Å². The van der Waals surface area contributed by atoms with Crippen molar-refractivity contribution in [2.75, 3.05) is 7.11 Å². The summed E-state index contributed by atoms with van der Waals surface area (Å²) in [6.07, 6.45) is -17.3. The smallest absolute Gasteiger partial charge is 0.434 e. The number of halogens is 6. The van der Waals surface area contributed by atoms with Crippen LogP contribution in [0.1, 0.15) is 11.1 Å². The molecule has 1 amide bonds. The third-order valence-electron chi connectivity index (χ3n) is 3.21. The molecule has 23 heavy (non-hydrogen) atoms. The van der Waals surface area contributed by atoms with Gasteiger partial charge in [-0.15, -0.1) is 0 Å². The summed E-state index contributed by atoms with van der Waals surface area (Å²) in [4.78, 5) is 12.4. The van der Waals surface area contributed by atoms with Gasteiger partial charge in [0.25, 0.3) is 6.10 Å². The minimum Gasteiger partial charge on any atom is -0.497 e. The highest BCUT2D eigenvalue weighted by atomic mass is 19.4. The van der Waals surface area contributed by atoms with Crippen LogP contribution in [0.5, 0.6) is 5.75 Å². The summed E-state index contributed by atoms with van der Waals surface area (Å²) in [5.74, 6) is 0.461.